The Morgan fingerprint density at radius 3 is 2.34 bits per heavy atom. The zero-order chi connectivity index (χ0) is 21.3. The van der Waals surface area contributed by atoms with Crippen LogP contribution in [-0.2, 0) is 14.3 Å². The van der Waals surface area contributed by atoms with Crippen LogP contribution in [0.5, 0.6) is 0 Å². The van der Waals surface area contributed by atoms with E-state index in [9.17, 15) is 14.7 Å². The first-order chi connectivity index (χ1) is 13.5. The zero-order valence-electron chi connectivity index (χ0n) is 18.4. The van der Waals surface area contributed by atoms with Crippen molar-refractivity contribution >= 4 is 11.9 Å². The summed E-state index contributed by atoms with van der Waals surface area (Å²) >= 11 is 0. The van der Waals surface area contributed by atoms with Crippen LogP contribution in [0.2, 0.25) is 0 Å². The Labute approximate surface area is 173 Å². The van der Waals surface area contributed by atoms with Crippen LogP contribution >= 0.6 is 0 Å². The summed E-state index contributed by atoms with van der Waals surface area (Å²) in [6.07, 6.45) is 5.48. The number of ether oxygens (including phenoxy) is 1. The topological polar surface area (TPSA) is 89.6 Å². The molecular weight excluding hydrogens is 370 g/mol. The van der Waals surface area contributed by atoms with Gasteiger partial charge in [-0.25, -0.2) is 0 Å². The summed E-state index contributed by atoms with van der Waals surface area (Å²) in [4.78, 5) is 23.9. The van der Waals surface area contributed by atoms with Gasteiger partial charge in [-0.05, 0) is 70.6 Å². The lowest BCUT2D eigenvalue weighted by molar-refractivity contribution is -0.155. The van der Waals surface area contributed by atoms with Crippen molar-refractivity contribution in [3.8, 4) is 0 Å². The van der Waals surface area contributed by atoms with Crippen molar-refractivity contribution in [2.45, 2.75) is 103 Å². The highest BCUT2D eigenvalue weighted by molar-refractivity contribution is 5.74. The monoisotopic (exact) mass is 405 g/mol. The van der Waals surface area contributed by atoms with Crippen LogP contribution in [0.25, 0.3) is 0 Å². The number of carbonyl (C=O) groups excluding carboxylic acids is 1. The fraction of sp³-hybridized carbons (Fsp3) is 0.783. The summed E-state index contributed by atoms with van der Waals surface area (Å²) in [6, 6.07) is 0. The number of hydrogen-bond donors (Lipinski definition) is 1. The Kier molecular flexibility index (Phi) is 6.39. The number of hydrogen-bond acceptors (Lipinski definition) is 5. The second-order valence-corrected chi connectivity index (χ2v) is 10.4. The minimum atomic E-state index is -0.939. The third-order valence-electron chi connectivity index (χ3n) is 5.82. The molecule has 3 rings (SSSR count). The van der Waals surface area contributed by atoms with Crippen LogP contribution in [0.4, 0.5) is 0 Å². The second-order valence-electron chi connectivity index (χ2n) is 10.4. The van der Waals surface area contributed by atoms with Gasteiger partial charge in [0.1, 0.15) is 11.4 Å². The molecule has 1 heterocycles. The van der Waals surface area contributed by atoms with Gasteiger partial charge in [0.05, 0.1) is 18.5 Å². The molecular formula is C23H35NO5. The number of aliphatic carboxylic acids is 1. The van der Waals surface area contributed by atoms with E-state index >= 15 is 0 Å². The molecule has 2 fully saturated rings. The van der Waals surface area contributed by atoms with Crippen molar-refractivity contribution in [1.82, 2.24) is 5.16 Å². The molecule has 6 heteroatoms. The lowest BCUT2D eigenvalue weighted by atomic mass is 9.69. The molecule has 0 amide bonds. The van der Waals surface area contributed by atoms with Gasteiger partial charge in [0.15, 0.2) is 0 Å². The predicted octanol–water partition coefficient (Wildman–Crippen LogP) is 5.38. The first-order valence-corrected chi connectivity index (χ1v) is 11.0. The Morgan fingerprint density at radius 1 is 1.17 bits per heavy atom. The first-order valence-electron chi connectivity index (χ1n) is 11.0. The normalized spacial score (nSPS) is 23.0. The molecule has 0 bridgehead atoms. The van der Waals surface area contributed by atoms with Gasteiger partial charge in [-0.3, -0.25) is 9.59 Å². The highest BCUT2D eigenvalue weighted by Gasteiger charge is 2.42. The van der Waals surface area contributed by atoms with Gasteiger partial charge in [-0.15, -0.1) is 0 Å². The molecule has 162 valence electrons. The predicted molar refractivity (Wildman–Crippen MR) is 109 cm³/mol. The molecule has 1 aromatic rings. The van der Waals surface area contributed by atoms with Crippen molar-refractivity contribution in [3.05, 3.63) is 17.0 Å². The molecule has 0 spiro atoms. The molecule has 0 unspecified atom stereocenters. The standard InChI is InChI=1S/C23H35NO5/c1-13(2)8-14-9-17(10-14)22-20(15-6-7-15)21(24-29-22)16(11-18(25)26)12-19(27)28-23(3,4)5/h13-17H,6-12H2,1-5H3,(H,25,26)/t14?,16-,17?/m1/s1. The van der Waals surface area contributed by atoms with Crippen molar-refractivity contribution in [2.24, 2.45) is 11.8 Å². The fourth-order valence-corrected chi connectivity index (χ4v) is 4.56. The van der Waals surface area contributed by atoms with Crippen molar-refractivity contribution < 1.29 is 24.0 Å². The molecule has 1 atom stereocenters. The van der Waals surface area contributed by atoms with Gasteiger partial charge in [0, 0.05) is 17.4 Å². The molecule has 0 aliphatic heterocycles. The summed E-state index contributed by atoms with van der Waals surface area (Å²) < 4.78 is 11.2. The maximum Gasteiger partial charge on any atom is 0.307 e. The number of nitrogens with zero attached hydrogens (tertiary/aromatic N) is 1. The molecule has 1 N–H and O–H groups in total. The fourth-order valence-electron chi connectivity index (χ4n) is 4.56. The number of carboxylic acids is 1. The summed E-state index contributed by atoms with van der Waals surface area (Å²) in [5, 5.41) is 13.7. The Bertz CT molecular complexity index is 735. The van der Waals surface area contributed by atoms with E-state index in [-0.39, 0.29) is 12.8 Å². The average molecular weight is 406 g/mol. The van der Waals surface area contributed by atoms with Gasteiger partial charge in [-0.2, -0.15) is 0 Å². The third-order valence-corrected chi connectivity index (χ3v) is 5.82. The van der Waals surface area contributed by atoms with E-state index in [1.165, 1.54) is 6.42 Å². The number of carbonyl (C=O) groups is 2. The molecule has 0 aromatic carbocycles. The maximum atomic E-state index is 12.4. The highest BCUT2D eigenvalue weighted by atomic mass is 16.6. The van der Waals surface area contributed by atoms with E-state index in [2.05, 4.69) is 19.0 Å². The first kappa shape index (κ1) is 21.8. The van der Waals surface area contributed by atoms with Gasteiger partial charge >= 0.3 is 11.9 Å². The largest absolute Gasteiger partial charge is 0.481 e. The number of aromatic nitrogens is 1. The summed E-state index contributed by atoms with van der Waals surface area (Å²) in [5.41, 5.74) is 1.16. The van der Waals surface area contributed by atoms with Crippen LogP contribution in [0.1, 0.15) is 114 Å². The van der Waals surface area contributed by atoms with Gasteiger partial charge in [0.2, 0.25) is 0 Å². The molecule has 2 aliphatic carbocycles. The number of rotatable bonds is 9. The van der Waals surface area contributed by atoms with Gasteiger partial charge in [0.25, 0.3) is 0 Å². The summed E-state index contributed by atoms with van der Waals surface area (Å²) in [7, 11) is 0. The minimum absolute atomic E-state index is 0.00983. The van der Waals surface area contributed by atoms with Crippen molar-refractivity contribution in [2.75, 3.05) is 0 Å². The van der Waals surface area contributed by atoms with Crippen LogP contribution in [-0.4, -0.2) is 27.8 Å². The summed E-state index contributed by atoms with van der Waals surface area (Å²) in [6.45, 7) is 9.94. The Morgan fingerprint density at radius 2 is 1.83 bits per heavy atom. The molecule has 0 radical (unpaired) electrons. The van der Waals surface area contributed by atoms with Crippen LogP contribution in [0.3, 0.4) is 0 Å². The second kappa shape index (κ2) is 8.49. The summed E-state index contributed by atoms with van der Waals surface area (Å²) in [5.74, 6) is 1.30. The lowest BCUT2D eigenvalue weighted by Crippen LogP contribution is -2.26. The average Bonchev–Trinajstić information content (AvgIpc) is 3.26. The SMILES string of the molecule is CC(C)CC1CC(c2onc([C@H](CC(=O)O)CC(=O)OC(C)(C)C)c2C2CC2)C1. The molecule has 2 aliphatic rings. The molecule has 6 nitrogen and oxygen atoms in total. The smallest absolute Gasteiger partial charge is 0.307 e. The molecule has 29 heavy (non-hydrogen) atoms. The Balaban J connectivity index is 1.78. The molecule has 0 saturated heterocycles. The number of esters is 1. The van der Waals surface area contributed by atoms with E-state index in [1.807, 2.05) is 20.8 Å². The third kappa shape index (κ3) is 5.83. The van der Waals surface area contributed by atoms with E-state index in [1.54, 1.807) is 0 Å². The van der Waals surface area contributed by atoms with E-state index in [0.717, 1.165) is 42.9 Å². The molecule has 1 aromatic heterocycles. The van der Waals surface area contributed by atoms with E-state index in [0.29, 0.717) is 23.4 Å². The van der Waals surface area contributed by atoms with Crippen molar-refractivity contribution in [1.29, 1.82) is 0 Å². The van der Waals surface area contributed by atoms with Crippen LogP contribution < -0.4 is 0 Å². The van der Waals surface area contributed by atoms with Crippen LogP contribution in [0.15, 0.2) is 4.52 Å². The minimum Gasteiger partial charge on any atom is -0.481 e. The van der Waals surface area contributed by atoms with E-state index in [4.69, 9.17) is 9.26 Å². The number of carboxylic acid groups (broad SMARTS) is 1. The maximum absolute atomic E-state index is 12.4. The van der Waals surface area contributed by atoms with Crippen LogP contribution in [0, 0.1) is 11.8 Å². The van der Waals surface area contributed by atoms with E-state index < -0.39 is 23.5 Å². The highest BCUT2D eigenvalue weighted by Crippen LogP contribution is 2.52. The van der Waals surface area contributed by atoms with Gasteiger partial charge < -0.3 is 14.4 Å². The van der Waals surface area contributed by atoms with Gasteiger partial charge in [-0.1, -0.05) is 19.0 Å². The quantitative estimate of drug-likeness (QED) is 0.555. The zero-order valence-corrected chi connectivity index (χ0v) is 18.4. The Hall–Kier alpha value is -1.85. The lowest BCUT2D eigenvalue weighted by Gasteiger charge is -2.35. The molecule has 2 saturated carbocycles. The van der Waals surface area contributed by atoms with Crippen molar-refractivity contribution in [3.63, 3.8) is 0 Å².